The Morgan fingerprint density at radius 2 is 2.04 bits per heavy atom. The Morgan fingerprint density at radius 1 is 1.37 bits per heavy atom. The van der Waals surface area contributed by atoms with Crippen molar-refractivity contribution in [3.63, 3.8) is 0 Å². The molecule has 27 heavy (non-hydrogen) atoms. The number of furan rings is 1. The Morgan fingerprint density at radius 3 is 2.59 bits per heavy atom. The largest absolute Gasteiger partial charge is 0.538 e. The van der Waals surface area contributed by atoms with Gasteiger partial charge in [0.15, 0.2) is 5.76 Å². The van der Waals surface area contributed by atoms with Crippen molar-refractivity contribution in [3.8, 4) is 22.8 Å². The fraction of sp³-hybridized carbons (Fsp3) is 0.375. The molecule has 0 aliphatic rings. The minimum atomic E-state index is -3.72. The second-order valence-corrected chi connectivity index (χ2v) is 14.2. The average molecular weight is 501 g/mol. The molecule has 0 unspecified atom stereocenters. The minimum absolute atomic E-state index is 0.00676. The smallest absolute Gasteiger partial charge is 0.252 e. The molecule has 0 spiro atoms. The third-order valence-corrected chi connectivity index (χ3v) is 6.23. The van der Waals surface area contributed by atoms with E-state index in [9.17, 15) is 17.9 Å². The molecule has 2 aromatic rings. The predicted molar refractivity (Wildman–Crippen MR) is 111 cm³/mol. The molecule has 0 bridgehead atoms. The zero-order valence-electron chi connectivity index (χ0n) is 15.0. The van der Waals surface area contributed by atoms with E-state index in [1.165, 1.54) is 6.07 Å². The average Bonchev–Trinajstić information content (AvgIpc) is 2.80. The number of alkyl halides is 1. The molecule has 0 saturated carbocycles. The fourth-order valence-electron chi connectivity index (χ4n) is 2.17. The van der Waals surface area contributed by atoms with Crippen LogP contribution in [0.25, 0.3) is 11.3 Å². The van der Waals surface area contributed by atoms with E-state index in [2.05, 4.69) is 20.7 Å². The maximum absolute atomic E-state index is 13.3. The van der Waals surface area contributed by atoms with Gasteiger partial charge in [-0.1, -0.05) is 27.5 Å². The first-order valence-electron chi connectivity index (χ1n) is 8.00. The fourth-order valence-corrected chi connectivity index (χ4v) is 4.92. The third-order valence-electron chi connectivity index (χ3n) is 3.22. The predicted octanol–water partition coefficient (Wildman–Crippen LogP) is 5.19. The number of hydrogen-bond donors (Lipinski definition) is 2. The van der Waals surface area contributed by atoms with Gasteiger partial charge in [0, 0.05) is 10.9 Å². The number of rotatable bonds is 8. The molecular formula is C16H20BrClFNO5SSi. The molecule has 0 atom stereocenters. The van der Waals surface area contributed by atoms with E-state index in [4.69, 9.17) is 20.4 Å². The summed E-state index contributed by atoms with van der Waals surface area (Å²) in [7, 11) is -5.95. The zero-order chi connectivity index (χ0) is 20.4. The van der Waals surface area contributed by atoms with Gasteiger partial charge in [0.25, 0.3) is 5.88 Å². The lowest BCUT2D eigenvalue weighted by atomic mass is 10.1. The van der Waals surface area contributed by atoms with E-state index in [1.54, 1.807) is 0 Å². The molecular weight excluding hydrogens is 481 g/mol. The molecule has 0 aliphatic carbocycles. The van der Waals surface area contributed by atoms with Crippen LogP contribution in [-0.4, -0.2) is 32.9 Å². The number of halogens is 3. The lowest BCUT2D eigenvalue weighted by Crippen LogP contribution is -2.29. The standard InChI is InChI=1S/C16H20BrClFNO5SSi/c1-27(2,3)25-15-13(21)14(11-6-5-10(19)9-12(11)18)24-16(15)20-26(22,23)8-4-7-17/h5-6,9,20-21H,4,7-8H2,1-3H3. The summed E-state index contributed by atoms with van der Waals surface area (Å²) in [5.74, 6) is -1.54. The normalized spacial score (nSPS) is 12.2. The van der Waals surface area contributed by atoms with Crippen LogP contribution < -0.4 is 9.15 Å². The number of benzene rings is 1. The molecule has 0 saturated heterocycles. The summed E-state index contributed by atoms with van der Waals surface area (Å²) in [6.45, 7) is 5.60. The monoisotopic (exact) mass is 499 g/mol. The number of nitrogens with one attached hydrogen (secondary N) is 1. The molecule has 1 heterocycles. The van der Waals surface area contributed by atoms with Gasteiger partial charge in [0.1, 0.15) is 5.82 Å². The van der Waals surface area contributed by atoms with Crippen molar-refractivity contribution in [2.45, 2.75) is 26.1 Å². The maximum Gasteiger partial charge on any atom is 0.252 e. The second kappa shape index (κ2) is 8.42. The summed E-state index contributed by atoms with van der Waals surface area (Å²) < 4.78 is 51.5. The molecule has 0 aliphatic heterocycles. The van der Waals surface area contributed by atoms with Crippen molar-refractivity contribution in [3.05, 3.63) is 29.0 Å². The molecule has 0 fully saturated rings. The van der Waals surface area contributed by atoms with E-state index in [0.29, 0.717) is 11.8 Å². The Kier molecular flexibility index (Phi) is 6.88. The van der Waals surface area contributed by atoms with Crippen LogP contribution in [0.15, 0.2) is 22.6 Å². The van der Waals surface area contributed by atoms with Gasteiger partial charge in [0.05, 0.1) is 10.8 Å². The van der Waals surface area contributed by atoms with Crippen LogP contribution in [0, 0.1) is 5.82 Å². The summed E-state index contributed by atoms with van der Waals surface area (Å²) in [4.78, 5) is 0. The number of anilines is 1. The Labute approximate surface area is 172 Å². The summed E-state index contributed by atoms with van der Waals surface area (Å²) >= 11 is 9.23. The molecule has 0 amide bonds. The highest BCUT2D eigenvalue weighted by Crippen LogP contribution is 2.48. The Hall–Kier alpha value is -1.23. The van der Waals surface area contributed by atoms with Crippen molar-refractivity contribution < 1.29 is 26.8 Å². The van der Waals surface area contributed by atoms with Crippen LogP contribution in [0.1, 0.15) is 6.42 Å². The summed E-state index contributed by atoms with van der Waals surface area (Å²) in [6, 6.07) is 3.55. The number of aromatic hydroxyl groups is 1. The molecule has 150 valence electrons. The van der Waals surface area contributed by atoms with Gasteiger partial charge in [0.2, 0.25) is 29.8 Å². The van der Waals surface area contributed by atoms with Gasteiger partial charge in [-0.2, -0.15) is 0 Å². The van der Waals surface area contributed by atoms with Crippen LogP contribution in [0.5, 0.6) is 11.5 Å². The van der Waals surface area contributed by atoms with Crippen molar-refractivity contribution in [2.75, 3.05) is 15.8 Å². The van der Waals surface area contributed by atoms with Crippen molar-refractivity contribution in [2.24, 2.45) is 0 Å². The van der Waals surface area contributed by atoms with Gasteiger partial charge in [-0.05, 0) is 44.3 Å². The summed E-state index contributed by atoms with van der Waals surface area (Å²) in [5.41, 5.74) is 0.210. The van der Waals surface area contributed by atoms with Crippen molar-refractivity contribution >= 4 is 51.8 Å². The van der Waals surface area contributed by atoms with Gasteiger partial charge in [-0.15, -0.1) is 0 Å². The molecule has 1 aromatic heterocycles. The highest BCUT2D eigenvalue weighted by atomic mass is 79.9. The van der Waals surface area contributed by atoms with Gasteiger partial charge < -0.3 is 13.9 Å². The minimum Gasteiger partial charge on any atom is -0.538 e. The first-order chi connectivity index (χ1) is 12.4. The quantitative estimate of drug-likeness (QED) is 0.385. The van der Waals surface area contributed by atoms with Crippen molar-refractivity contribution in [1.29, 1.82) is 0 Å². The van der Waals surface area contributed by atoms with Gasteiger partial charge in [-0.3, -0.25) is 0 Å². The van der Waals surface area contributed by atoms with Crippen LogP contribution >= 0.6 is 27.5 Å². The first-order valence-corrected chi connectivity index (χ1v) is 14.6. The van der Waals surface area contributed by atoms with Crippen molar-refractivity contribution in [1.82, 2.24) is 0 Å². The van der Waals surface area contributed by atoms with Gasteiger partial charge in [-0.25, -0.2) is 17.5 Å². The Balaban J connectivity index is 2.54. The first kappa shape index (κ1) is 22.1. The molecule has 2 N–H and O–H groups in total. The van der Waals surface area contributed by atoms with Crippen LogP contribution in [-0.2, 0) is 10.0 Å². The highest BCUT2D eigenvalue weighted by molar-refractivity contribution is 9.09. The maximum atomic E-state index is 13.3. The third kappa shape index (κ3) is 5.87. The lowest BCUT2D eigenvalue weighted by molar-refractivity contribution is 0.440. The van der Waals surface area contributed by atoms with E-state index in [0.717, 1.165) is 12.1 Å². The number of sulfonamides is 1. The molecule has 11 heteroatoms. The topological polar surface area (TPSA) is 88.8 Å². The van der Waals surface area contributed by atoms with E-state index < -0.39 is 29.9 Å². The van der Waals surface area contributed by atoms with Gasteiger partial charge >= 0.3 is 0 Å². The van der Waals surface area contributed by atoms with E-state index >= 15 is 0 Å². The van der Waals surface area contributed by atoms with E-state index in [1.807, 2.05) is 19.6 Å². The summed E-state index contributed by atoms with van der Waals surface area (Å²) in [6.07, 6.45) is 0.392. The summed E-state index contributed by atoms with van der Waals surface area (Å²) in [5, 5.41) is 11.1. The molecule has 6 nitrogen and oxygen atoms in total. The molecule has 1 aromatic carbocycles. The van der Waals surface area contributed by atoms with Crippen LogP contribution in [0.4, 0.5) is 10.3 Å². The lowest BCUT2D eigenvalue weighted by Gasteiger charge is -2.19. The Bertz CT molecular complexity index is 930. The highest BCUT2D eigenvalue weighted by Gasteiger charge is 2.30. The SMILES string of the molecule is C[Si](C)(C)Oc1c(NS(=O)(=O)CCCBr)oc(-c2ccc(F)cc2Cl)c1O. The van der Waals surface area contributed by atoms with Crippen LogP contribution in [0.2, 0.25) is 24.7 Å². The second-order valence-electron chi connectivity index (χ2n) is 6.74. The van der Waals surface area contributed by atoms with Crippen LogP contribution in [0.3, 0.4) is 0 Å². The van der Waals surface area contributed by atoms with E-state index in [-0.39, 0.29) is 33.7 Å². The molecule has 2 rings (SSSR count). The number of hydrogen-bond acceptors (Lipinski definition) is 5. The molecule has 0 radical (unpaired) electrons. The zero-order valence-corrected chi connectivity index (χ0v) is 19.1.